The first-order valence-corrected chi connectivity index (χ1v) is 26.2. The summed E-state index contributed by atoms with van der Waals surface area (Å²) < 4.78 is 139. The van der Waals surface area contributed by atoms with Gasteiger partial charge >= 0.3 is 0 Å². The topological polar surface area (TPSA) is 173 Å². The lowest BCUT2D eigenvalue weighted by Crippen LogP contribution is -2.26. The van der Waals surface area contributed by atoms with E-state index in [1.165, 1.54) is 0 Å². The molecule has 0 saturated heterocycles. The van der Waals surface area contributed by atoms with Crippen LogP contribution in [0.15, 0.2) is 52.8 Å². The minimum Gasteiger partial charge on any atom is -0.263 e. The lowest BCUT2D eigenvalue weighted by Gasteiger charge is -2.27. The van der Waals surface area contributed by atoms with Crippen molar-refractivity contribution in [2.45, 2.75) is 172 Å². The molecule has 4 aliphatic rings. The molecule has 302 valence electrons. The highest BCUT2D eigenvalue weighted by Gasteiger charge is 2.41. The molecule has 12 nitrogen and oxygen atoms in total. The molecular formula is C36H48Br2O12S4. The Kier molecular flexibility index (Phi) is 14.1. The first-order valence-electron chi connectivity index (χ1n) is 19.0. The second kappa shape index (κ2) is 17.9. The molecule has 18 heteroatoms. The fourth-order valence-electron chi connectivity index (χ4n) is 7.97. The van der Waals surface area contributed by atoms with Gasteiger partial charge in [-0.3, -0.25) is 16.7 Å². The molecule has 0 unspecified atom stereocenters. The Morgan fingerprint density at radius 1 is 0.352 bits per heavy atom. The number of halogens is 2. The Labute approximate surface area is 337 Å². The van der Waals surface area contributed by atoms with Crippen LogP contribution < -0.4 is 0 Å². The smallest absolute Gasteiger partial charge is 0.263 e. The van der Waals surface area contributed by atoms with Crippen molar-refractivity contribution in [1.82, 2.24) is 0 Å². The lowest BCUT2D eigenvalue weighted by molar-refractivity contribution is 0.160. The number of benzene rings is 2. The maximum Gasteiger partial charge on any atom is 0.297 e. The molecule has 0 bridgehead atoms. The highest BCUT2D eigenvalue weighted by atomic mass is 79.9. The van der Waals surface area contributed by atoms with E-state index in [-0.39, 0.29) is 8.95 Å². The van der Waals surface area contributed by atoms with Gasteiger partial charge in [0.2, 0.25) is 0 Å². The van der Waals surface area contributed by atoms with Crippen LogP contribution in [0.1, 0.15) is 128 Å². The summed E-state index contributed by atoms with van der Waals surface area (Å²) in [4.78, 5) is -2.95. The van der Waals surface area contributed by atoms with Gasteiger partial charge in [0.15, 0.2) is 0 Å². The Bertz CT molecular complexity index is 1810. The molecule has 0 atom stereocenters. The fraction of sp³-hybridized carbons (Fsp3) is 0.667. The molecule has 0 amide bonds. The average molecular weight is 961 g/mol. The second-order valence-electron chi connectivity index (χ2n) is 14.8. The molecular weight excluding hydrogens is 912 g/mol. The van der Waals surface area contributed by atoms with Gasteiger partial charge in [-0.05, 0) is 75.6 Å². The van der Waals surface area contributed by atoms with Crippen molar-refractivity contribution in [2.75, 3.05) is 0 Å². The molecule has 0 N–H and O–H groups in total. The van der Waals surface area contributed by atoms with Crippen LogP contribution in [0.25, 0.3) is 11.1 Å². The van der Waals surface area contributed by atoms with Gasteiger partial charge in [0.1, 0.15) is 19.6 Å². The molecule has 6 rings (SSSR count). The molecule has 0 aliphatic heterocycles. The van der Waals surface area contributed by atoms with E-state index in [1.807, 2.05) is 0 Å². The molecule has 54 heavy (non-hydrogen) atoms. The zero-order chi connectivity index (χ0) is 38.7. The summed E-state index contributed by atoms with van der Waals surface area (Å²) in [5.74, 6) is 0. The summed E-state index contributed by atoms with van der Waals surface area (Å²) in [6.07, 6.45) is 9.86. The zero-order valence-electron chi connectivity index (χ0n) is 30.0. The summed E-state index contributed by atoms with van der Waals surface area (Å²) in [6.45, 7) is 0. The monoisotopic (exact) mass is 958 g/mol. The van der Waals surface area contributed by atoms with E-state index in [0.717, 1.165) is 101 Å². The summed E-state index contributed by atoms with van der Waals surface area (Å²) in [5.41, 5.74) is -1.43. The van der Waals surface area contributed by atoms with Crippen molar-refractivity contribution in [3.8, 4) is 11.1 Å². The van der Waals surface area contributed by atoms with E-state index in [2.05, 4.69) is 31.9 Å². The minimum atomic E-state index is -4.90. The van der Waals surface area contributed by atoms with Gasteiger partial charge in [0.25, 0.3) is 40.5 Å². The maximum absolute atomic E-state index is 14.5. The molecule has 4 saturated carbocycles. The molecule has 4 aliphatic carbocycles. The predicted octanol–water partition coefficient (Wildman–Crippen LogP) is 9.03. The minimum absolute atomic E-state index is 0.00530. The van der Waals surface area contributed by atoms with Crippen LogP contribution in [0, 0.1) is 0 Å². The Balaban J connectivity index is 1.65. The van der Waals surface area contributed by atoms with Crippen LogP contribution in [0.5, 0.6) is 0 Å². The van der Waals surface area contributed by atoms with Gasteiger partial charge in [-0.1, -0.05) is 109 Å². The highest BCUT2D eigenvalue weighted by molar-refractivity contribution is 9.10. The summed E-state index contributed by atoms with van der Waals surface area (Å²) in [7, 11) is -19.6. The van der Waals surface area contributed by atoms with Crippen molar-refractivity contribution < 1.29 is 50.4 Å². The second-order valence-corrected chi connectivity index (χ2v) is 22.8. The van der Waals surface area contributed by atoms with Crippen molar-refractivity contribution in [3.05, 3.63) is 33.2 Å². The number of hydrogen-bond acceptors (Lipinski definition) is 12. The van der Waals surface area contributed by atoms with Crippen LogP contribution in [0.2, 0.25) is 0 Å². The normalized spacial score (nSPS) is 21.0. The van der Waals surface area contributed by atoms with Gasteiger partial charge < -0.3 is 0 Å². The Hall–Kier alpha value is -0.960. The van der Waals surface area contributed by atoms with E-state index in [1.54, 1.807) is 0 Å². The van der Waals surface area contributed by atoms with E-state index in [0.29, 0.717) is 51.4 Å². The van der Waals surface area contributed by atoms with Crippen LogP contribution in [-0.2, 0) is 57.2 Å². The van der Waals surface area contributed by atoms with E-state index in [9.17, 15) is 33.7 Å². The van der Waals surface area contributed by atoms with Gasteiger partial charge in [0.05, 0.1) is 24.4 Å². The first-order chi connectivity index (χ1) is 25.6. The summed E-state index contributed by atoms with van der Waals surface area (Å²) >= 11 is 6.56. The molecule has 0 aromatic heterocycles. The van der Waals surface area contributed by atoms with Crippen molar-refractivity contribution in [2.24, 2.45) is 0 Å². The molecule has 4 fully saturated rings. The Morgan fingerprint density at radius 3 is 0.722 bits per heavy atom. The van der Waals surface area contributed by atoms with Crippen LogP contribution >= 0.6 is 31.9 Å². The molecule has 2 aromatic carbocycles. The van der Waals surface area contributed by atoms with E-state index >= 15 is 0 Å². The lowest BCUT2D eigenvalue weighted by atomic mass is 9.98. The predicted molar refractivity (Wildman–Crippen MR) is 208 cm³/mol. The van der Waals surface area contributed by atoms with Crippen molar-refractivity contribution in [1.29, 1.82) is 0 Å². The van der Waals surface area contributed by atoms with Crippen LogP contribution in [0.3, 0.4) is 0 Å². The van der Waals surface area contributed by atoms with E-state index < -0.39 is 95.6 Å². The third kappa shape index (κ3) is 10.4. The molecule has 0 radical (unpaired) electrons. The quantitative estimate of drug-likeness (QED) is 0.175. The van der Waals surface area contributed by atoms with Crippen LogP contribution in [-0.4, -0.2) is 58.1 Å². The largest absolute Gasteiger partial charge is 0.297 e. The summed E-state index contributed by atoms with van der Waals surface area (Å²) in [6, 6.07) is 4.41. The number of hydrogen-bond donors (Lipinski definition) is 0. The first kappa shape index (κ1) is 42.6. The zero-order valence-corrected chi connectivity index (χ0v) is 36.5. The maximum atomic E-state index is 14.5. The summed E-state index contributed by atoms with van der Waals surface area (Å²) in [5, 5.41) is 0. The SMILES string of the molecule is O=S(=O)(OC1CCCCC1)c1cc(Br)cc(S(=O)(=O)OC2CCCCC2)c1-c1c(S(=O)(=O)OC2CCCCC2)cc(Br)cc1S(=O)(=O)OC1CCCCC1. The van der Waals surface area contributed by atoms with Gasteiger partial charge in [-0.25, -0.2) is 0 Å². The highest BCUT2D eigenvalue weighted by Crippen LogP contribution is 2.47. The molecule has 2 aromatic rings. The van der Waals surface area contributed by atoms with Gasteiger partial charge in [-0.2, -0.15) is 33.7 Å². The number of rotatable bonds is 13. The van der Waals surface area contributed by atoms with Crippen molar-refractivity contribution in [3.63, 3.8) is 0 Å². The average Bonchev–Trinajstić information content (AvgIpc) is 3.12. The molecule has 0 heterocycles. The third-order valence-electron chi connectivity index (χ3n) is 10.6. The van der Waals surface area contributed by atoms with E-state index in [4.69, 9.17) is 16.7 Å². The van der Waals surface area contributed by atoms with Crippen molar-refractivity contribution >= 4 is 72.3 Å². The van der Waals surface area contributed by atoms with Gasteiger partial charge in [0, 0.05) is 20.1 Å². The Morgan fingerprint density at radius 2 is 0.537 bits per heavy atom. The standard InChI is InChI=1S/C36H48Br2O12S4/c37-25-21-31(51(39,40)47-27-13-5-1-6-14-27)35(32(22-25)52(41,42)48-28-15-7-2-8-16-28)36-33(53(43,44)49-29-17-9-3-10-18-29)23-26(38)24-34(36)54(45,46)50-30-19-11-4-12-20-30/h21-24,27-30H,1-20H2. The van der Waals surface area contributed by atoms with Gasteiger partial charge in [-0.15, -0.1) is 0 Å². The fourth-order valence-corrected chi connectivity index (χ4v) is 15.2. The third-order valence-corrected chi connectivity index (χ3v) is 17.1. The molecule has 0 spiro atoms. The van der Waals surface area contributed by atoms with Crippen LogP contribution in [0.4, 0.5) is 0 Å².